The van der Waals surface area contributed by atoms with E-state index in [1.54, 1.807) is 0 Å². The van der Waals surface area contributed by atoms with Crippen LogP contribution < -0.4 is 5.73 Å². The van der Waals surface area contributed by atoms with Gasteiger partial charge in [0.2, 0.25) is 0 Å². The van der Waals surface area contributed by atoms with E-state index in [9.17, 15) is 8.78 Å². The maximum Gasteiger partial charge on any atom is 0.129 e. The van der Waals surface area contributed by atoms with Gasteiger partial charge in [-0.1, -0.05) is 25.8 Å². The molecule has 0 saturated heterocycles. The summed E-state index contributed by atoms with van der Waals surface area (Å²) in [5.41, 5.74) is 6.05. The summed E-state index contributed by atoms with van der Waals surface area (Å²) in [5.74, 6) is -0.282. The number of hydrogen-bond acceptors (Lipinski definition) is 1. The van der Waals surface area contributed by atoms with Crippen molar-refractivity contribution in [3.05, 3.63) is 35.4 Å². The number of hydrogen-bond donors (Lipinski definition) is 1. The van der Waals surface area contributed by atoms with Crippen LogP contribution in [0.15, 0.2) is 18.2 Å². The molecule has 1 aliphatic rings. The smallest absolute Gasteiger partial charge is 0.129 e. The fourth-order valence-electron chi connectivity index (χ4n) is 2.84. The van der Waals surface area contributed by atoms with Gasteiger partial charge in [0.1, 0.15) is 11.6 Å². The lowest BCUT2D eigenvalue weighted by atomic mass is 9.84. The zero-order valence-corrected chi connectivity index (χ0v) is 10.9. The topological polar surface area (TPSA) is 26.0 Å². The van der Waals surface area contributed by atoms with E-state index in [4.69, 9.17) is 5.73 Å². The summed E-state index contributed by atoms with van der Waals surface area (Å²) in [6.07, 6.45) is 5.27. The maximum atomic E-state index is 13.7. The fourth-order valence-corrected chi connectivity index (χ4v) is 2.84. The predicted molar refractivity (Wildman–Crippen MR) is 69.2 cm³/mol. The third kappa shape index (κ3) is 3.08. The van der Waals surface area contributed by atoms with Crippen molar-refractivity contribution in [1.29, 1.82) is 0 Å². The molecule has 0 heterocycles. The van der Waals surface area contributed by atoms with Crippen LogP contribution in [0, 0.1) is 17.6 Å². The Hall–Kier alpha value is -0.960. The van der Waals surface area contributed by atoms with E-state index in [0.29, 0.717) is 12.3 Å². The largest absolute Gasteiger partial charge is 0.325 e. The Bertz CT molecular complexity index is 399. The summed E-state index contributed by atoms with van der Waals surface area (Å²) >= 11 is 0. The van der Waals surface area contributed by atoms with E-state index in [1.165, 1.54) is 24.6 Å². The molecular formula is C15H21F2N. The second-order valence-electron chi connectivity index (χ2n) is 5.78. The van der Waals surface area contributed by atoms with Crippen LogP contribution in [0.25, 0.3) is 0 Å². The Morgan fingerprint density at radius 2 is 1.89 bits per heavy atom. The van der Waals surface area contributed by atoms with Crippen molar-refractivity contribution in [2.45, 2.75) is 51.0 Å². The molecule has 2 rings (SSSR count). The van der Waals surface area contributed by atoms with Crippen LogP contribution in [0.2, 0.25) is 0 Å². The quantitative estimate of drug-likeness (QED) is 0.797. The Labute approximate surface area is 107 Å². The van der Waals surface area contributed by atoms with Crippen molar-refractivity contribution >= 4 is 0 Å². The first-order chi connectivity index (χ1) is 8.50. The third-order valence-electron chi connectivity index (χ3n) is 4.10. The van der Waals surface area contributed by atoms with E-state index in [0.717, 1.165) is 25.7 Å². The van der Waals surface area contributed by atoms with Gasteiger partial charge < -0.3 is 5.73 Å². The van der Waals surface area contributed by atoms with Crippen molar-refractivity contribution < 1.29 is 8.78 Å². The summed E-state index contributed by atoms with van der Waals surface area (Å²) in [4.78, 5) is 0. The molecule has 18 heavy (non-hydrogen) atoms. The molecule has 1 saturated carbocycles. The van der Waals surface area contributed by atoms with Crippen molar-refractivity contribution in [3.63, 3.8) is 0 Å². The average Bonchev–Trinajstić information content (AvgIpc) is 2.47. The molecule has 3 heteroatoms. The van der Waals surface area contributed by atoms with Gasteiger partial charge in [-0.3, -0.25) is 0 Å². The minimum atomic E-state index is -0.475. The van der Waals surface area contributed by atoms with Crippen LogP contribution >= 0.6 is 0 Å². The molecule has 0 aliphatic heterocycles. The van der Waals surface area contributed by atoms with Gasteiger partial charge in [0.25, 0.3) is 0 Å². The van der Waals surface area contributed by atoms with E-state index in [-0.39, 0.29) is 5.56 Å². The first-order valence-corrected chi connectivity index (χ1v) is 6.72. The van der Waals surface area contributed by atoms with Crippen LogP contribution in [0.3, 0.4) is 0 Å². The van der Waals surface area contributed by atoms with Crippen LogP contribution in [0.1, 0.15) is 44.6 Å². The van der Waals surface area contributed by atoms with Gasteiger partial charge in [0, 0.05) is 11.1 Å². The molecule has 2 N–H and O–H groups in total. The SMILES string of the molecule is CC1CCCC(N)(Cc2c(F)cccc2F)CC1. The molecule has 1 fully saturated rings. The van der Waals surface area contributed by atoms with Gasteiger partial charge in [0.15, 0.2) is 0 Å². The van der Waals surface area contributed by atoms with Crippen molar-refractivity contribution in [1.82, 2.24) is 0 Å². The summed E-state index contributed by atoms with van der Waals surface area (Å²) in [6, 6.07) is 4.01. The third-order valence-corrected chi connectivity index (χ3v) is 4.10. The molecule has 2 unspecified atom stereocenters. The number of rotatable bonds is 2. The van der Waals surface area contributed by atoms with Gasteiger partial charge in [0.05, 0.1) is 0 Å². The van der Waals surface area contributed by atoms with E-state index in [1.807, 2.05) is 0 Å². The molecule has 0 amide bonds. The first kappa shape index (κ1) is 13.5. The number of nitrogens with two attached hydrogens (primary N) is 1. The molecule has 1 aromatic rings. The Morgan fingerprint density at radius 3 is 2.56 bits per heavy atom. The molecule has 1 aromatic carbocycles. The molecule has 1 aliphatic carbocycles. The highest BCUT2D eigenvalue weighted by Gasteiger charge is 2.30. The van der Waals surface area contributed by atoms with Crippen LogP contribution in [-0.4, -0.2) is 5.54 Å². The Morgan fingerprint density at radius 1 is 1.22 bits per heavy atom. The summed E-state index contributed by atoms with van der Waals surface area (Å²) in [6.45, 7) is 2.22. The molecule has 0 bridgehead atoms. The Balaban J connectivity index is 2.16. The molecule has 0 spiro atoms. The van der Waals surface area contributed by atoms with Crippen molar-refractivity contribution in [2.75, 3.05) is 0 Å². The average molecular weight is 253 g/mol. The maximum absolute atomic E-state index is 13.7. The zero-order valence-electron chi connectivity index (χ0n) is 10.9. The first-order valence-electron chi connectivity index (χ1n) is 6.72. The molecule has 0 radical (unpaired) electrons. The molecule has 1 nitrogen and oxygen atoms in total. The standard InChI is InChI=1S/C15H21F2N/c1-11-4-3-8-15(18,9-7-11)10-12-13(16)5-2-6-14(12)17/h2,5-6,11H,3-4,7-10,18H2,1H3. The Kier molecular flexibility index (Phi) is 4.00. The lowest BCUT2D eigenvalue weighted by Gasteiger charge is -2.28. The van der Waals surface area contributed by atoms with E-state index in [2.05, 4.69) is 6.92 Å². The molecule has 0 aromatic heterocycles. The second-order valence-corrected chi connectivity index (χ2v) is 5.78. The fraction of sp³-hybridized carbons (Fsp3) is 0.600. The predicted octanol–water partition coefficient (Wildman–Crippen LogP) is 3.81. The number of benzene rings is 1. The normalized spacial score (nSPS) is 29.0. The number of halogens is 2. The van der Waals surface area contributed by atoms with Crippen LogP contribution in [0.5, 0.6) is 0 Å². The molecule has 2 atom stereocenters. The molecule has 100 valence electrons. The highest BCUT2D eigenvalue weighted by Crippen LogP contribution is 2.32. The van der Waals surface area contributed by atoms with Gasteiger partial charge >= 0.3 is 0 Å². The van der Waals surface area contributed by atoms with Crippen molar-refractivity contribution in [3.8, 4) is 0 Å². The van der Waals surface area contributed by atoms with E-state index >= 15 is 0 Å². The minimum absolute atomic E-state index is 0.148. The van der Waals surface area contributed by atoms with Gasteiger partial charge in [-0.15, -0.1) is 0 Å². The van der Waals surface area contributed by atoms with E-state index < -0.39 is 17.2 Å². The molecular weight excluding hydrogens is 232 g/mol. The summed E-state index contributed by atoms with van der Waals surface area (Å²) in [5, 5.41) is 0. The highest BCUT2D eigenvalue weighted by molar-refractivity contribution is 5.22. The van der Waals surface area contributed by atoms with Gasteiger partial charge in [-0.25, -0.2) is 8.78 Å². The monoisotopic (exact) mass is 253 g/mol. The second kappa shape index (κ2) is 5.35. The lowest BCUT2D eigenvalue weighted by Crippen LogP contribution is -2.42. The minimum Gasteiger partial charge on any atom is -0.325 e. The summed E-state index contributed by atoms with van der Waals surface area (Å²) in [7, 11) is 0. The van der Waals surface area contributed by atoms with Gasteiger partial charge in [-0.05, 0) is 43.7 Å². The lowest BCUT2D eigenvalue weighted by molar-refractivity contribution is 0.352. The highest BCUT2D eigenvalue weighted by atomic mass is 19.1. The van der Waals surface area contributed by atoms with Crippen LogP contribution in [0.4, 0.5) is 8.78 Å². The van der Waals surface area contributed by atoms with Gasteiger partial charge in [-0.2, -0.15) is 0 Å². The van der Waals surface area contributed by atoms with Crippen molar-refractivity contribution in [2.24, 2.45) is 11.7 Å². The van der Waals surface area contributed by atoms with Crippen LogP contribution in [-0.2, 0) is 6.42 Å². The zero-order chi connectivity index (χ0) is 13.2. The summed E-state index contributed by atoms with van der Waals surface area (Å²) < 4.78 is 27.3.